The second-order valence-electron chi connectivity index (χ2n) is 3.85. The standard InChI is InChI=1S/C12H14N2.C2H2O4/c13-8-9-14-12-7-3-5-10-4-1-2-6-11(10)12;3-1(4)2(5)6/h1-7,14H,8-9,13H2;(H,3,4)(H,5,6). The minimum atomic E-state index is -1.82. The Labute approximate surface area is 115 Å². The predicted molar refractivity (Wildman–Crippen MR) is 76.8 cm³/mol. The predicted octanol–water partition coefficient (Wildman–Crippen LogP) is 1.37. The summed E-state index contributed by atoms with van der Waals surface area (Å²) in [5.41, 5.74) is 6.62. The van der Waals surface area contributed by atoms with Gasteiger partial charge >= 0.3 is 11.9 Å². The number of hydrogen-bond donors (Lipinski definition) is 4. The molecular formula is C14H16N2O4. The van der Waals surface area contributed by atoms with Crippen molar-refractivity contribution in [3.05, 3.63) is 42.5 Å². The Morgan fingerprint density at radius 1 is 1.00 bits per heavy atom. The van der Waals surface area contributed by atoms with Crippen LogP contribution in [-0.2, 0) is 9.59 Å². The first kappa shape index (κ1) is 15.5. The molecule has 0 aliphatic rings. The molecular weight excluding hydrogens is 260 g/mol. The first-order valence-electron chi connectivity index (χ1n) is 5.94. The number of fused-ring (bicyclic) bond motifs is 1. The summed E-state index contributed by atoms with van der Waals surface area (Å²) in [5.74, 6) is -3.65. The minimum absolute atomic E-state index is 0.656. The van der Waals surface area contributed by atoms with E-state index in [0.717, 1.165) is 12.2 Å². The number of nitrogens with one attached hydrogen (secondary N) is 1. The molecule has 0 aliphatic carbocycles. The molecule has 5 N–H and O–H groups in total. The van der Waals surface area contributed by atoms with Crippen LogP contribution in [0, 0.1) is 0 Å². The highest BCUT2D eigenvalue weighted by molar-refractivity contribution is 6.27. The van der Waals surface area contributed by atoms with Gasteiger partial charge in [-0.3, -0.25) is 0 Å². The maximum absolute atomic E-state index is 9.10. The molecule has 0 aromatic heterocycles. The molecule has 0 atom stereocenters. The van der Waals surface area contributed by atoms with Crippen molar-refractivity contribution in [2.24, 2.45) is 5.73 Å². The number of anilines is 1. The summed E-state index contributed by atoms with van der Waals surface area (Å²) >= 11 is 0. The van der Waals surface area contributed by atoms with Crippen molar-refractivity contribution in [1.82, 2.24) is 0 Å². The van der Waals surface area contributed by atoms with Crippen LogP contribution in [0.2, 0.25) is 0 Å². The number of carboxylic acids is 2. The van der Waals surface area contributed by atoms with E-state index >= 15 is 0 Å². The SMILES string of the molecule is NCCNc1cccc2ccccc12.O=C(O)C(=O)O. The van der Waals surface area contributed by atoms with Crippen molar-refractivity contribution < 1.29 is 19.8 Å². The lowest BCUT2D eigenvalue weighted by Gasteiger charge is -2.08. The van der Waals surface area contributed by atoms with Crippen LogP contribution in [0.15, 0.2) is 42.5 Å². The van der Waals surface area contributed by atoms with E-state index in [9.17, 15) is 0 Å². The molecule has 2 rings (SSSR count). The second kappa shape index (κ2) is 7.75. The van der Waals surface area contributed by atoms with Crippen molar-refractivity contribution in [2.75, 3.05) is 18.4 Å². The molecule has 2 aromatic rings. The number of nitrogens with two attached hydrogens (primary N) is 1. The quantitative estimate of drug-likeness (QED) is 0.630. The minimum Gasteiger partial charge on any atom is -0.473 e. The van der Waals surface area contributed by atoms with Gasteiger partial charge in [0.1, 0.15) is 0 Å². The molecule has 0 spiro atoms. The molecule has 0 amide bonds. The highest BCUT2D eigenvalue weighted by atomic mass is 16.4. The third-order valence-corrected chi connectivity index (χ3v) is 2.43. The molecule has 0 fully saturated rings. The Bertz CT molecular complexity index is 581. The second-order valence-corrected chi connectivity index (χ2v) is 3.85. The fourth-order valence-electron chi connectivity index (χ4n) is 1.59. The Kier molecular flexibility index (Phi) is 5.99. The molecule has 6 nitrogen and oxygen atoms in total. The lowest BCUT2D eigenvalue weighted by Crippen LogP contribution is -2.13. The van der Waals surface area contributed by atoms with Gasteiger partial charge < -0.3 is 21.3 Å². The number of hydrogen-bond acceptors (Lipinski definition) is 4. The molecule has 0 aliphatic heterocycles. The lowest BCUT2D eigenvalue weighted by molar-refractivity contribution is -0.159. The average molecular weight is 276 g/mol. The Morgan fingerprint density at radius 3 is 2.20 bits per heavy atom. The molecule has 0 bridgehead atoms. The van der Waals surface area contributed by atoms with Crippen LogP contribution in [0.25, 0.3) is 10.8 Å². The monoisotopic (exact) mass is 276 g/mol. The van der Waals surface area contributed by atoms with Gasteiger partial charge in [0.05, 0.1) is 0 Å². The van der Waals surface area contributed by atoms with Gasteiger partial charge in [0.2, 0.25) is 0 Å². The molecule has 106 valence electrons. The van der Waals surface area contributed by atoms with Gasteiger partial charge in [0.25, 0.3) is 0 Å². The van der Waals surface area contributed by atoms with E-state index in [1.54, 1.807) is 0 Å². The van der Waals surface area contributed by atoms with Gasteiger partial charge in [-0.05, 0) is 11.5 Å². The zero-order chi connectivity index (χ0) is 15.0. The van der Waals surface area contributed by atoms with E-state index in [4.69, 9.17) is 25.5 Å². The van der Waals surface area contributed by atoms with Crippen LogP contribution < -0.4 is 11.1 Å². The third kappa shape index (κ3) is 4.58. The van der Waals surface area contributed by atoms with E-state index in [0.29, 0.717) is 6.54 Å². The molecule has 0 saturated heterocycles. The van der Waals surface area contributed by atoms with Crippen LogP contribution in [0.4, 0.5) is 5.69 Å². The molecule has 0 unspecified atom stereocenters. The summed E-state index contributed by atoms with van der Waals surface area (Å²) in [7, 11) is 0. The lowest BCUT2D eigenvalue weighted by atomic mass is 10.1. The Morgan fingerprint density at radius 2 is 1.60 bits per heavy atom. The van der Waals surface area contributed by atoms with Crippen molar-refractivity contribution in [3.8, 4) is 0 Å². The van der Waals surface area contributed by atoms with Crippen molar-refractivity contribution in [3.63, 3.8) is 0 Å². The first-order valence-corrected chi connectivity index (χ1v) is 5.94. The number of benzene rings is 2. The van der Waals surface area contributed by atoms with Crippen LogP contribution >= 0.6 is 0 Å². The number of carbonyl (C=O) groups is 2. The zero-order valence-corrected chi connectivity index (χ0v) is 10.7. The Hall–Kier alpha value is -2.60. The summed E-state index contributed by atoms with van der Waals surface area (Å²) in [6.07, 6.45) is 0. The fraction of sp³-hybridized carbons (Fsp3) is 0.143. The van der Waals surface area contributed by atoms with E-state index < -0.39 is 11.9 Å². The molecule has 6 heteroatoms. The smallest absolute Gasteiger partial charge is 0.414 e. The zero-order valence-electron chi connectivity index (χ0n) is 10.7. The maximum atomic E-state index is 9.10. The van der Waals surface area contributed by atoms with E-state index in [-0.39, 0.29) is 0 Å². The topological polar surface area (TPSA) is 113 Å². The number of carboxylic acid groups (broad SMARTS) is 2. The number of aliphatic carboxylic acids is 2. The number of rotatable bonds is 3. The molecule has 20 heavy (non-hydrogen) atoms. The van der Waals surface area contributed by atoms with Crippen LogP contribution in [0.3, 0.4) is 0 Å². The van der Waals surface area contributed by atoms with Crippen molar-refractivity contribution >= 4 is 28.4 Å². The summed E-state index contributed by atoms with van der Waals surface area (Å²) in [5, 5.41) is 20.6. The molecule has 0 radical (unpaired) electrons. The molecule has 0 heterocycles. The van der Waals surface area contributed by atoms with Crippen molar-refractivity contribution in [2.45, 2.75) is 0 Å². The maximum Gasteiger partial charge on any atom is 0.414 e. The molecule has 0 saturated carbocycles. The highest BCUT2D eigenvalue weighted by Gasteiger charge is 2.04. The van der Waals surface area contributed by atoms with E-state index in [1.165, 1.54) is 10.8 Å². The first-order chi connectivity index (χ1) is 9.56. The van der Waals surface area contributed by atoms with Gasteiger partial charge in [-0.15, -0.1) is 0 Å². The van der Waals surface area contributed by atoms with Gasteiger partial charge in [-0.1, -0.05) is 36.4 Å². The van der Waals surface area contributed by atoms with Gasteiger partial charge in [-0.25, -0.2) is 9.59 Å². The van der Waals surface area contributed by atoms with Crippen LogP contribution in [0.1, 0.15) is 0 Å². The average Bonchev–Trinajstić information content (AvgIpc) is 2.45. The largest absolute Gasteiger partial charge is 0.473 e. The van der Waals surface area contributed by atoms with E-state index in [1.807, 2.05) is 0 Å². The third-order valence-electron chi connectivity index (χ3n) is 2.43. The van der Waals surface area contributed by atoms with Crippen LogP contribution in [0.5, 0.6) is 0 Å². The Balaban J connectivity index is 0.000000286. The summed E-state index contributed by atoms with van der Waals surface area (Å²) < 4.78 is 0. The van der Waals surface area contributed by atoms with Gasteiger partial charge in [-0.2, -0.15) is 0 Å². The van der Waals surface area contributed by atoms with E-state index in [2.05, 4.69) is 47.8 Å². The van der Waals surface area contributed by atoms with Crippen LogP contribution in [-0.4, -0.2) is 35.2 Å². The fourth-order valence-corrected chi connectivity index (χ4v) is 1.59. The van der Waals surface area contributed by atoms with Crippen molar-refractivity contribution in [1.29, 1.82) is 0 Å². The normalized spacial score (nSPS) is 9.45. The summed E-state index contributed by atoms with van der Waals surface area (Å²) in [6.45, 7) is 1.47. The molecule has 2 aromatic carbocycles. The summed E-state index contributed by atoms with van der Waals surface area (Å²) in [4.78, 5) is 18.2. The van der Waals surface area contributed by atoms with Gasteiger partial charge in [0.15, 0.2) is 0 Å². The summed E-state index contributed by atoms with van der Waals surface area (Å²) in [6, 6.07) is 14.6. The van der Waals surface area contributed by atoms with Gasteiger partial charge in [0, 0.05) is 24.2 Å². The highest BCUT2D eigenvalue weighted by Crippen LogP contribution is 2.22.